The number of halogens is 1. The molecule has 0 aromatic carbocycles. The van der Waals surface area contributed by atoms with Crippen LogP contribution in [0.2, 0.25) is 0 Å². The quantitative estimate of drug-likeness (QED) is 0.860. The number of nitrogens with zero attached hydrogens (tertiary/aromatic N) is 1. The molecule has 1 amide bonds. The van der Waals surface area contributed by atoms with Crippen LogP contribution in [0, 0.1) is 0 Å². The number of aryl methyl sites for hydroxylation is 1. The van der Waals surface area contributed by atoms with Gasteiger partial charge in [0.2, 0.25) is 0 Å². The van der Waals surface area contributed by atoms with Gasteiger partial charge < -0.3 is 10.2 Å². The molecule has 3 aliphatic rings. The van der Waals surface area contributed by atoms with E-state index in [0.717, 1.165) is 30.8 Å². The smallest absolute Gasteiger partial charge is 0.264 e. The number of thiophene rings is 1. The number of amides is 1. The molecule has 2 atom stereocenters. The van der Waals surface area contributed by atoms with Gasteiger partial charge in [0, 0.05) is 25.2 Å². The summed E-state index contributed by atoms with van der Waals surface area (Å²) in [5, 5.41) is 5.88. The van der Waals surface area contributed by atoms with Crippen LogP contribution in [0.5, 0.6) is 0 Å². The van der Waals surface area contributed by atoms with E-state index in [1.807, 2.05) is 0 Å². The van der Waals surface area contributed by atoms with Crippen LogP contribution in [0.1, 0.15) is 52.9 Å². The highest BCUT2D eigenvalue weighted by atomic mass is 35.5. The van der Waals surface area contributed by atoms with E-state index in [9.17, 15) is 4.79 Å². The third kappa shape index (κ3) is 2.86. The molecule has 4 rings (SSSR count). The summed E-state index contributed by atoms with van der Waals surface area (Å²) in [5.41, 5.74) is 2.81. The maximum atomic E-state index is 12.9. The fourth-order valence-electron chi connectivity index (χ4n) is 3.97. The first-order valence-electron chi connectivity index (χ1n) is 7.96. The third-order valence-corrected chi connectivity index (χ3v) is 6.17. The summed E-state index contributed by atoms with van der Waals surface area (Å²) < 4.78 is 0. The van der Waals surface area contributed by atoms with Crippen LogP contribution in [0.25, 0.3) is 0 Å². The van der Waals surface area contributed by atoms with Gasteiger partial charge in [-0.25, -0.2) is 0 Å². The number of carbonyl (C=O) groups excluding carboxylic acids is 1. The average molecular weight is 327 g/mol. The van der Waals surface area contributed by atoms with Crippen molar-refractivity contribution in [3.05, 3.63) is 21.4 Å². The predicted molar refractivity (Wildman–Crippen MR) is 88.7 cm³/mol. The average Bonchev–Trinajstić information content (AvgIpc) is 3.01. The largest absolute Gasteiger partial charge is 0.336 e. The summed E-state index contributed by atoms with van der Waals surface area (Å²) in [7, 11) is 0. The first-order chi connectivity index (χ1) is 9.81. The number of rotatable bonds is 1. The van der Waals surface area contributed by atoms with Crippen molar-refractivity contribution in [2.24, 2.45) is 0 Å². The zero-order chi connectivity index (χ0) is 13.5. The van der Waals surface area contributed by atoms with Crippen LogP contribution in [-0.2, 0) is 12.8 Å². The highest BCUT2D eigenvalue weighted by Crippen LogP contribution is 2.31. The number of hydrogen-bond donors (Lipinski definition) is 1. The zero-order valence-electron chi connectivity index (χ0n) is 12.3. The lowest BCUT2D eigenvalue weighted by molar-refractivity contribution is 0.0752. The molecule has 1 aromatic heterocycles. The first kappa shape index (κ1) is 15.3. The van der Waals surface area contributed by atoms with Gasteiger partial charge >= 0.3 is 0 Å². The minimum Gasteiger partial charge on any atom is -0.336 e. The SMILES string of the molecule is Cl.O=C(c1scc2c1CCCC2)N1CC[C@H]2CC[C@@H](C1)N2. The molecule has 0 saturated carbocycles. The van der Waals surface area contributed by atoms with Gasteiger partial charge in [-0.2, -0.15) is 0 Å². The summed E-state index contributed by atoms with van der Waals surface area (Å²) in [5.74, 6) is 0.299. The Morgan fingerprint density at radius 1 is 1.19 bits per heavy atom. The van der Waals surface area contributed by atoms with Crippen molar-refractivity contribution in [2.45, 2.75) is 57.0 Å². The fourth-order valence-corrected chi connectivity index (χ4v) is 5.10. The minimum absolute atomic E-state index is 0. The van der Waals surface area contributed by atoms with Crippen molar-refractivity contribution in [1.29, 1.82) is 0 Å². The van der Waals surface area contributed by atoms with Crippen LogP contribution >= 0.6 is 23.7 Å². The molecule has 3 nitrogen and oxygen atoms in total. The number of hydrogen-bond acceptors (Lipinski definition) is 3. The molecule has 1 aliphatic carbocycles. The molecule has 2 fully saturated rings. The molecular formula is C16H23ClN2OS. The molecule has 3 heterocycles. The van der Waals surface area contributed by atoms with Gasteiger partial charge in [0.05, 0.1) is 4.88 Å². The second-order valence-electron chi connectivity index (χ2n) is 6.45. The number of nitrogens with one attached hydrogen (secondary N) is 1. The Hall–Kier alpha value is -0.580. The van der Waals surface area contributed by atoms with E-state index >= 15 is 0 Å². The monoisotopic (exact) mass is 326 g/mol. The third-order valence-electron chi connectivity index (χ3n) is 5.11. The highest BCUT2D eigenvalue weighted by molar-refractivity contribution is 7.12. The molecule has 2 bridgehead atoms. The van der Waals surface area contributed by atoms with Crippen molar-refractivity contribution in [3.8, 4) is 0 Å². The summed E-state index contributed by atoms with van der Waals surface area (Å²) in [6.45, 7) is 1.84. The number of fused-ring (bicyclic) bond motifs is 3. The van der Waals surface area contributed by atoms with Crippen molar-refractivity contribution < 1.29 is 4.79 Å². The second-order valence-corrected chi connectivity index (χ2v) is 7.33. The molecule has 5 heteroatoms. The predicted octanol–water partition coefficient (Wildman–Crippen LogP) is 3.02. The summed E-state index contributed by atoms with van der Waals surface area (Å²) >= 11 is 1.68. The van der Waals surface area contributed by atoms with Crippen molar-refractivity contribution in [2.75, 3.05) is 13.1 Å². The van der Waals surface area contributed by atoms with Crippen molar-refractivity contribution in [1.82, 2.24) is 10.2 Å². The van der Waals surface area contributed by atoms with Gasteiger partial charge in [0.25, 0.3) is 5.91 Å². The lowest BCUT2D eigenvalue weighted by Crippen LogP contribution is -2.39. The summed E-state index contributed by atoms with van der Waals surface area (Å²) in [6, 6.07) is 1.18. The standard InChI is InChI=1S/C16H22N2OS.ClH/c19-16(15-14-4-2-1-3-11(14)10-20-15)18-8-7-12-5-6-13(9-18)17-12;/h10,12-13,17H,1-9H2;1H/t12-,13+;/m1./s1. The van der Waals surface area contributed by atoms with Gasteiger partial charge in [0.15, 0.2) is 0 Å². The number of carbonyl (C=O) groups is 1. The molecule has 0 unspecified atom stereocenters. The van der Waals surface area contributed by atoms with E-state index in [1.165, 1.54) is 43.2 Å². The highest BCUT2D eigenvalue weighted by Gasteiger charge is 2.32. The Bertz CT molecular complexity index is 530. The summed E-state index contributed by atoms with van der Waals surface area (Å²) in [4.78, 5) is 16.0. The van der Waals surface area contributed by atoms with Gasteiger partial charge in [-0.15, -0.1) is 23.7 Å². The molecular weight excluding hydrogens is 304 g/mol. The van der Waals surface area contributed by atoms with Gasteiger partial charge in [-0.05, 0) is 61.5 Å². The molecule has 116 valence electrons. The van der Waals surface area contributed by atoms with E-state index in [-0.39, 0.29) is 12.4 Å². The topological polar surface area (TPSA) is 32.3 Å². The molecule has 1 N–H and O–H groups in total. The lowest BCUT2D eigenvalue weighted by atomic mass is 9.93. The maximum Gasteiger partial charge on any atom is 0.264 e. The molecule has 21 heavy (non-hydrogen) atoms. The van der Waals surface area contributed by atoms with Crippen LogP contribution in [0.15, 0.2) is 5.38 Å². The molecule has 0 spiro atoms. The Labute approximate surface area is 136 Å². The van der Waals surface area contributed by atoms with Crippen LogP contribution in [0.4, 0.5) is 0 Å². The minimum atomic E-state index is 0. The molecule has 1 aromatic rings. The van der Waals surface area contributed by atoms with Gasteiger partial charge in [0.1, 0.15) is 0 Å². The van der Waals surface area contributed by atoms with Crippen molar-refractivity contribution in [3.63, 3.8) is 0 Å². The fraction of sp³-hybridized carbons (Fsp3) is 0.688. The Balaban J connectivity index is 0.00000132. The lowest BCUT2D eigenvalue weighted by Gasteiger charge is -2.24. The van der Waals surface area contributed by atoms with E-state index in [1.54, 1.807) is 11.3 Å². The van der Waals surface area contributed by atoms with E-state index < -0.39 is 0 Å². The Kier molecular flexibility index (Phi) is 4.57. The summed E-state index contributed by atoms with van der Waals surface area (Å²) in [6.07, 6.45) is 8.46. The Morgan fingerprint density at radius 2 is 2.00 bits per heavy atom. The van der Waals surface area contributed by atoms with Crippen molar-refractivity contribution >= 4 is 29.7 Å². The maximum absolute atomic E-state index is 12.9. The first-order valence-corrected chi connectivity index (χ1v) is 8.84. The Morgan fingerprint density at radius 3 is 2.90 bits per heavy atom. The number of likely N-dealkylation sites (tertiary alicyclic amines) is 1. The van der Waals surface area contributed by atoms with E-state index in [0.29, 0.717) is 18.0 Å². The normalized spacial score (nSPS) is 27.7. The van der Waals surface area contributed by atoms with Crippen LogP contribution in [0.3, 0.4) is 0 Å². The van der Waals surface area contributed by atoms with Crippen LogP contribution in [-0.4, -0.2) is 36.0 Å². The zero-order valence-corrected chi connectivity index (χ0v) is 13.9. The molecule has 2 saturated heterocycles. The van der Waals surface area contributed by atoms with E-state index in [4.69, 9.17) is 0 Å². The van der Waals surface area contributed by atoms with Gasteiger partial charge in [-0.1, -0.05) is 0 Å². The second kappa shape index (κ2) is 6.27. The molecule has 2 aliphatic heterocycles. The van der Waals surface area contributed by atoms with Gasteiger partial charge in [-0.3, -0.25) is 4.79 Å². The molecule has 0 radical (unpaired) electrons. The van der Waals surface area contributed by atoms with Crippen LogP contribution < -0.4 is 5.32 Å². The van der Waals surface area contributed by atoms with E-state index in [2.05, 4.69) is 15.6 Å².